The Balaban J connectivity index is 3.90. The summed E-state index contributed by atoms with van der Waals surface area (Å²) in [4.78, 5) is 4.43. The summed E-state index contributed by atoms with van der Waals surface area (Å²) in [5, 5.41) is 0. The summed E-state index contributed by atoms with van der Waals surface area (Å²) < 4.78 is 0. The summed E-state index contributed by atoms with van der Waals surface area (Å²) in [5.41, 5.74) is 1.45. The molecular weight excluding hydrogens is 134 g/mol. The van der Waals surface area contributed by atoms with E-state index in [1.54, 1.807) is 0 Å². The highest BCUT2D eigenvalue weighted by molar-refractivity contribution is 5.86. The molecule has 0 fully saturated rings. The summed E-state index contributed by atoms with van der Waals surface area (Å²) in [6.45, 7) is 13.2. The third-order valence-corrected chi connectivity index (χ3v) is 1.77. The van der Waals surface area contributed by atoms with Gasteiger partial charge in [-0.2, -0.15) is 0 Å². The van der Waals surface area contributed by atoms with E-state index in [0.717, 1.165) is 13.0 Å². The number of aliphatic imine (C=N–C) groups is 1. The monoisotopic (exact) mass is 153 g/mol. The van der Waals surface area contributed by atoms with Crippen molar-refractivity contribution in [2.75, 3.05) is 6.54 Å². The molecule has 0 spiro atoms. The molecular formula is C10H19N. The van der Waals surface area contributed by atoms with Crippen LogP contribution in [0.25, 0.3) is 0 Å². The van der Waals surface area contributed by atoms with Crippen LogP contribution in [0.2, 0.25) is 0 Å². The van der Waals surface area contributed by atoms with E-state index in [4.69, 9.17) is 0 Å². The fourth-order valence-electron chi connectivity index (χ4n) is 0.561. The molecule has 0 amide bonds. The SMILES string of the molecule is C=CCC/N=C(\C)C(C)(C)C. The van der Waals surface area contributed by atoms with Gasteiger partial charge in [0.2, 0.25) is 0 Å². The van der Waals surface area contributed by atoms with E-state index < -0.39 is 0 Å². The van der Waals surface area contributed by atoms with Crippen molar-refractivity contribution in [2.45, 2.75) is 34.1 Å². The maximum Gasteiger partial charge on any atom is 0.0423 e. The number of hydrogen-bond donors (Lipinski definition) is 0. The molecule has 0 atom stereocenters. The molecule has 0 saturated carbocycles. The van der Waals surface area contributed by atoms with E-state index in [1.807, 2.05) is 6.08 Å². The lowest BCUT2D eigenvalue weighted by molar-refractivity contribution is 0.584. The largest absolute Gasteiger partial charge is 0.294 e. The standard InChI is InChI=1S/C10H19N/c1-6-7-8-11-9(2)10(3,4)5/h6H,1,7-8H2,2-5H3/b11-9+. The number of nitrogens with zero attached hydrogens (tertiary/aromatic N) is 1. The van der Waals surface area contributed by atoms with Crippen LogP contribution in [0.5, 0.6) is 0 Å². The normalized spacial score (nSPS) is 13.3. The minimum atomic E-state index is 0.223. The highest BCUT2D eigenvalue weighted by Crippen LogP contribution is 2.15. The Hall–Kier alpha value is -0.590. The van der Waals surface area contributed by atoms with Gasteiger partial charge in [-0.1, -0.05) is 26.8 Å². The maximum absolute atomic E-state index is 4.43. The molecule has 0 aliphatic carbocycles. The maximum atomic E-state index is 4.43. The van der Waals surface area contributed by atoms with Gasteiger partial charge in [0.25, 0.3) is 0 Å². The lowest BCUT2D eigenvalue weighted by Gasteiger charge is -2.17. The molecule has 0 heterocycles. The first-order chi connectivity index (χ1) is 4.98. The molecule has 64 valence electrons. The van der Waals surface area contributed by atoms with Crippen LogP contribution in [-0.2, 0) is 0 Å². The van der Waals surface area contributed by atoms with E-state index in [1.165, 1.54) is 5.71 Å². The minimum Gasteiger partial charge on any atom is -0.294 e. The first kappa shape index (κ1) is 10.4. The van der Waals surface area contributed by atoms with Crippen molar-refractivity contribution in [3.63, 3.8) is 0 Å². The molecule has 0 unspecified atom stereocenters. The van der Waals surface area contributed by atoms with Gasteiger partial charge in [-0.3, -0.25) is 4.99 Å². The van der Waals surface area contributed by atoms with Gasteiger partial charge in [0, 0.05) is 12.3 Å². The lowest BCUT2D eigenvalue weighted by Crippen LogP contribution is -2.17. The zero-order valence-electron chi connectivity index (χ0n) is 8.15. The molecule has 0 radical (unpaired) electrons. The van der Waals surface area contributed by atoms with Gasteiger partial charge in [-0.15, -0.1) is 6.58 Å². The Morgan fingerprint density at radius 1 is 1.45 bits per heavy atom. The van der Waals surface area contributed by atoms with Crippen LogP contribution in [0, 0.1) is 5.41 Å². The Labute approximate surface area is 70.2 Å². The van der Waals surface area contributed by atoms with Gasteiger partial charge in [-0.05, 0) is 18.8 Å². The lowest BCUT2D eigenvalue weighted by atomic mass is 9.91. The minimum absolute atomic E-state index is 0.223. The predicted octanol–water partition coefficient (Wildman–Crippen LogP) is 3.07. The molecule has 0 aromatic heterocycles. The van der Waals surface area contributed by atoms with Crippen molar-refractivity contribution >= 4 is 5.71 Å². The second-order valence-electron chi connectivity index (χ2n) is 3.79. The van der Waals surface area contributed by atoms with Crippen LogP contribution in [-0.4, -0.2) is 12.3 Å². The van der Waals surface area contributed by atoms with Crippen LogP contribution < -0.4 is 0 Å². The molecule has 0 aliphatic heterocycles. The molecule has 0 bridgehead atoms. The fourth-order valence-corrected chi connectivity index (χ4v) is 0.561. The van der Waals surface area contributed by atoms with Crippen LogP contribution in [0.15, 0.2) is 17.6 Å². The van der Waals surface area contributed by atoms with Crippen LogP contribution in [0.3, 0.4) is 0 Å². The average molecular weight is 153 g/mol. The van der Waals surface area contributed by atoms with E-state index in [0.29, 0.717) is 0 Å². The first-order valence-electron chi connectivity index (χ1n) is 4.11. The van der Waals surface area contributed by atoms with Gasteiger partial charge in [0.1, 0.15) is 0 Å². The Kier molecular flexibility index (Phi) is 4.09. The topological polar surface area (TPSA) is 12.4 Å². The van der Waals surface area contributed by atoms with Crippen molar-refractivity contribution < 1.29 is 0 Å². The Morgan fingerprint density at radius 2 is 2.00 bits per heavy atom. The fraction of sp³-hybridized carbons (Fsp3) is 0.700. The molecule has 0 N–H and O–H groups in total. The molecule has 1 heteroatoms. The zero-order chi connectivity index (χ0) is 8.91. The highest BCUT2D eigenvalue weighted by Gasteiger charge is 2.12. The Bertz CT molecular complexity index is 149. The molecule has 0 saturated heterocycles. The van der Waals surface area contributed by atoms with Crippen LogP contribution in [0.4, 0.5) is 0 Å². The number of rotatable bonds is 3. The zero-order valence-corrected chi connectivity index (χ0v) is 8.15. The molecule has 1 nitrogen and oxygen atoms in total. The van der Waals surface area contributed by atoms with E-state index in [-0.39, 0.29) is 5.41 Å². The third kappa shape index (κ3) is 4.77. The summed E-state index contributed by atoms with van der Waals surface area (Å²) in [5.74, 6) is 0. The van der Waals surface area contributed by atoms with Gasteiger partial charge in [-0.25, -0.2) is 0 Å². The first-order valence-corrected chi connectivity index (χ1v) is 4.11. The van der Waals surface area contributed by atoms with Crippen molar-refractivity contribution in [3.05, 3.63) is 12.7 Å². The van der Waals surface area contributed by atoms with Gasteiger partial charge in [0.15, 0.2) is 0 Å². The van der Waals surface area contributed by atoms with Gasteiger partial charge < -0.3 is 0 Å². The smallest absolute Gasteiger partial charge is 0.0423 e. The summed E-state index contributed by atoms with van der Waals surface area (Å²) >= 11 is 0. The molecule has 0 aliphatic rings. The predicted molar refractivity (Wildman–Crippen MR) is 52.2 cm³/mol. The molecule has 0 aromatic carbocycles. The third-order valence-electron chi connectivity index (χ3n) is 1.77. The molecule has 0 aromatic rings. The van der Waals surface area contributed by atoms with Crippen molar-refractivity contribution in [3.8, 4) is 0 Å². The average Bonchev–Trinajstić information content (AvgIpc) is 1.86. The summed E-state index contributed by atoms with van der Waals surface area (Å²) in [6.07, 6.45) is 2.88. The van der Waals surface area contributed by atoms with E-state index >= 15 is 0 Å². The summed E-state index contributed by atoms with van der Waals surface area (Å²) in [6, 6.07) is 0. The number of hydrogen-bond acceptors (Lipinski definition) is 1. The van der Waals surface area contributed by atoms with Crippen molar-refractivity contribution in [2.24, 2.45) is 10.4 Å². The summed E-state index contributed by atoms with van der Waals surface area (Å²) in [7, 11) is 0. The van der Waals surface area contributed by atoms with E-state index in [2.05, 4.69) is 39.3 Å². The molecule has 0 rings (SSSR count). The second kappa shape index (κ2) is 4.32. The molecule has 11 heavy (non-hydrogen) atoms. The van der Waals surface area contributed by atoms with Crippen LogP contribution in [0.1, 0.15) is 34.1 Å². The van der Waals surface area contributed by atoms with Gasteiger partial charge >= 0.3 is 0 Å². The van der Waals surface area contributed by atoms with Crippen LogP contribution >= 0.6 is 0 Å². The van der Waals surface area contributed by atoms with Crippen molar-refractivity contribution in [1.29, 1.82) is 0 Å². The highest BCUT2D eigenvalue weighted by atomic mass is 14.7. The van der Waals surface area contributed by atoms with Gasteiger partial charge in [0.05, 0.1) is 0 Å². The quantitative estimate of drug-likeness (QED) is 0.336. The Morgan fingerprint density at radius 3 is 2.36 bits per heavy atom. The van der Waals surface area contributed by atoms with Crippen molar-refractivity contribution in [1.82, 2.24) is 0 Å². The second-order valence-corrected chi connectivity index (χ2v) is 3.79. The van der Waals surface area contributed by atoms with E-state index in [9.17, 15) is 0 Å².